The molecule has 2 unspecified atom stereocenters. The van der Waals surface area contributed by atoms with Crippen LogP contribution in [0.3, 0.4) is 0 Å². The second-order valence-electron chi connectivity index (χ2n) is 14.3. The molecule has 0 radical (unpaired) electrons. The molecule has 4 saturated heterocycles. The standard InChI is InChI=1S/C35H37F3N8O3S/c36-18-9-35(5-1-7-45(35)12-18)17-49-34-42-30-27(33(43-34)46-19-3-4-20(46)14-44(13-19)6-2-8-47)23-16-48-15-22(23)25(28(30)38)29-26-21(10-39)32(40)50-31(26)24(37)11-41-29/h11,18-20,47H,1-9,12-17,40H2/t18-,19?,20?,35+/m1/s1. The quantitative estimate of drug-likeness (QED) is 0.265. The molecular weight excluding hydrogens is 669 g/mol. The Balaban J connectivity index is 1.23. The third-order valence-corrected chi connectivity index (χ3v) is 12.5. The third-order valence-electron chi connectivity index (χ3n) is 11.5. The first-order valence-corrected chi connectivity index (χ1v) is 18.1. The highest BCUT2D eigenvalue weighted by molar-refractivity contribution is 7.23. The second-order valence-corrected chi connectivity index (χ2v) is 15.3. The monoisotopic (exact) mass is 706 g/mol. The van der Waals surface area contributed by atoms with Crippen LogP contribution in [0, 0.1) is 23.0 Å². The van der Waals surface area contributed by atoms with E-state index in [4.69, 9.17) is 25.2 Å². The van der Waals surface area contributed by atoms with Gasteiger partial charge in [-0.2, -0.15) is 15.2 Å². The fourth-order valence-electron chi connectivity index (χ4n) is 9.34. The van der Waals surface area contributed by atoms with Crippen LogP contribution in [-0.2, 0) is 18.0 Å². The predicted molar refractivity (Wildman–Crippen MR) is 182 cm³/mol. The topological polar surface area (TPSA) is 137 Å². The molecule has 8 heterocycles. The van der Waals surface area contributed by atoms with Crippen LogP contribution in [0.1, 0.15) is 55.2 Å². The number of ether oxygens (including phenoxy) is 2. The van der Waals surface area contributed by atoms with Crippen LogP contribution in [0.5, 0.6) is 6.01 Å². The van der Waals surface area contributed by atoms with E-state index in [0.29, 0.717) is 36.2 Å². The molecule has 262 valence electrons. The average molecular weight is 707 g/mol. The summed E-state index contributed by atoms with van der Waals surface area (Å²) in [4.78, 5) is 20.9. The Bertz CT molecular complexity index is 2060. The van der Waals surface area contributed by atoms with Crippen LogP contribution in [0.2, 0.25) is 0 Å². The van der Waals surface area contributed by atoms with Crippen LogP contribution < -0.4 is 15.4 Å². The summed E-state index contributed by atoms with van der Waals surface area (Å²) < 4.78 is 59.6. The van der Waals surface area contributed by atoms with Gasteiger partial charge in [-0.15, -0.1) is 11.3 Å². The largest absolute Gasteiger partial charge is 0.461 e. The smallest absolute Gasteiger partial charge is 0.319 e. The Kier molecular flexibility index (Phi) is 7.81. The van der Waals surface area contributed by atoms with Crippen molar-refractivity contribution in [1.82, 2.24) is 24.8 Å². The zero-order chi connectivity index (χ0) is 34.3. The number of nitrogen functional groups attached to an aromatic ring is 1. The van der Waals surface area contributed by atoms with Gasteiger partial charge < -0.3 is 25.2 Å². The highest BCUT2D eigenvalue weighted by atomic mass is 32.1. The molecule has 9 rings (SSSR count). The number of aromatic nitrogens is 3. The van der Waals surface area contributed by atoms with E-state index in [-0.39, 0.29) is 81.9 Å². The molecule has 4 atom stereocenters. The molecule has 11 nitrogen and oxygen atoms in total. The number of piperazine rings is 1. The number of pyridine rings is 1. The predicted octanol–water partition coefficient (Wildman–Crippen LogP) is 4.66. The minimum Gasteiger partial charge on any atom is -0.461 e. The molecule has 5 aliphatic heterocycles. The zero-order valence-electron chi connectivity index (χ0n) is 27.4. The van der Waals surface area contributed by atoms with Gasteiger partial charge in [-0.05, 0) is 49.8 Å². The highest BCUT2D eigenvalue weighted by Crippen LogP contribution is 2.48. The van der Waals surface area contributed by atoms with E-state index in [1.807, 2.05) is 0 Å². The van der Waals surface area contributed by atoms with Crippen molar-refractivity contribution in [2.45, 2.75) is 75.5 Å². The number of nitrogens with zero attached hydrogens (tertiary/aromatic N) is 7. The first-order valence-electron chi connectivity index (χ1n) is 17.3. The van der Waals surface area contributed by atoms with Crippen molar-refractivity contribution in [2.75, 3.05) is 56.6 Å². The van der Waals surface area contributed by atoms with Crippen LogP contribution in [0.25, 0.3) is 32.2 Å². The maximum atomic E-state index is 17.5. The average Bonchev–Trinajstić information content (AvgIpc) is 3.91. The van der Waals surface area contributed by atoms with Crippen LogP contribution in [-0.4, -0.2) is 99.6 Å². The van der Waals surface area contributed by atoms with E-state index < -0.39 is 23.3 Å². The fourth-order valence-corrected chi connectivity index (χ4v) is 10.3. The Labute approximate surface area is 290 Å². The molecule has 0 aliphatic carbocycles. The molecule has 50 heavy (non-hydrogen) atoms. The molecule has 1 aromatic carbocycles. The molecule has 0 saturated carbocycles. The number of alkyl halides is 1. The Morgan fingerprint density at radius 3 is 2.72 bits per heavy atom. The van der Waals surface area contributed by atoms with Crippen molar-refractivity contribution >= 4 is 43.1 Å². The highest BCUT2D eigenvalue weighted by Gasteiger charge is 2.50. The number of thiophene rings is 1. The molecule has 3 N–H and O–H groups in total. The Hall–Kier alpha value is -3.81. The molecule has 4 fully saturated rings. The van der Waals surface area contributed by atoms with Gasteiger partial charge in [-0.25, -0.2) is 13.2 Å². The zero-order valence-corrected chi connectivity index (χ0v) is 28.2. The number of hydrogen-bond acceptors (Lipinski definition) is 12. The van der Waals surface area contributed by atoms with Crippen molar-refractivity contribution < 1.29 is 27.8 Å². The van der Waals surface area contributed by atoms with Crippen molar-refractivity contribution in [1.29, 1.82) is 5.26 Å². The lowest BCUT2D eigenvalue weighted by molar-refractivity contribution is 0.107. The summed E-state index contributed by atoms with van der Waals surface area (Å²) in [6.07, 6.45) is 4.78. The summed E-state index contributed by atoms with van der Waals surface area (Å²) in [5.41, 5.74) is 7.23. The van der Waals surface area contributed by atoms with Crippen molar-refractivity contribution in [3.63, 3.8) is 0 Å². The van der Waals surface area contributed by atoms with E-state index >= 15 is 8.78 Å². The normalized spacial score (nSPS) is 26.3. The Morgan fingerprint density at radius 2 is 1.94 bits per heavy atom. The van der Waals surface area contributed by atoms with Gasteiger partial charge in [0.05, 0.1) is 46.3 Å². The van der Waals surface area contributed by atoms with Crippen molar-refractivity contribution in [3.05, 3.63) is 34.5 Å². The number of aliphatic hydroxyl groups is 1. The summed E-state index contributed by atoms with van der Waals surface area (Å²) in [6.45, 7) is 4.11. The maximum absolute atomic E-state index is 17.5. The number of likely N-dealkylation sites (tertiary alicyclic amines) is 1. The molecule has 2 bridgehead atoms. The number of anilines is 2. The number of rotatable bonds is 8. The van der Waals surface area contributed by atoms with E-state index in [2.05, 4.69) is 25.8 Å². The van der Waals surface area contributed by atoms with Gasteiger partial charge in [0.15, 0.2) is 11.6 Å². The minimum atomic E-state index is -0.934. The van der Waals surface area contributed by atoms with Crippen molar-refractivity contribution in [3.8, 4) is 23.3 Å². The molecular formula is C35H37F3N8O3S. The van der Waals surface area contributed by atoms with E-state index in [1.165, 1.54) is 0 Å². The summed E-state index contributed by atoms with van der Waals surface area (Å²) >= 11 is 0.929. The number of nitriles is 1. The fraction of sp³-hybridized carbons (Fsp3) is 0.543. The van der Waals surface area contributed by atoms with Crippen molar-refractivity contribution in [2.24, 2.45) is 0 Å². The van der Waals surface area contributed by atoms with Gasteiger partial charge in [0, 0.05) is 62.2 Å². The number of nitrogens with two attached hydrogens (primary N) is 1. The lowest BCUT2D eigenvalue weighted by Gasteiger charge is -2.42. The third kappa shape index (κ3) is 4.86. The number of benzene rings is 1. The summed E-state index contributed by atoms with van der Waals surface area (Å²) in [7, 11) is 0. The van der Waals surface area contributed by atoms with E-state index in [0.717, 1.165) is 75.0 Å². The lowest BCUT2D eigenvalue weighted by atomic mass is 9.93. The van der Waals surface area contributed by atoms with E-state index in [1.54, 1.807) is 0 Å². The van der Waals surface area contributed by atoms with Gasteiger partial charge in [-0.1, -0.05) is 0 Å². The number of fused-ring (bicyclic) bond motifs is 7. The molecule has 3 aromatic heterocycles. The summed E-state index contributed by atoms with van der Waals surface area (Å²) in [5.74, 6) is -0.754. The number of aliphatic hydroxyl groups excluding tert-OH is 1. The Morgan fingerprint density at radius 1 is 1.14 bits per heavy atom. The SMILES string of the molecule is N#Cc1c(N)sc2c(F)cnc(-c3c4c(c5c(N6C7CCC6CN(CCCO)C7)nc(OC[C@@]67CCCN6C[C@H](F)C7)nc5c3F)COC4)c12. The first-order chi connectivity index (χ1) is 24.3. The molecule has 15 heteroatoms. The summed E-state index contributed by atoms with van der Waals surface area (Å²) in [6, 6.07) is 2.29. The molecule has 0 amide bonds. The molecule has 0 spiro atoms. The minimum absolute atomic E-state index is 0.0107. The lowest BCUT2D eigenvalue weighted by Crippen LogP contribution is -2.54. The first kappa shape index (κ1) is 32.1. The molecule has 5 aliphatic rings. The van der Waals surface area contributed by atoms with Crippen LogP contribution >= 0.6 is 11.3 Å². The molecule has 4 aromatic rings. The van der Waals surface area contributed by atoms with Gasteiger partial charge in [0.1, 0.15) is 35.2 Å². The number of halogens is 3. The van der Waals surface area contributed by atoms with Gasteiger partial charge >= 0.3 is 6.01 Å². The summed E-state index contributed by atoms with van der Waals surface area (Å²) in [5, 5.41) is 20.3. The van der Waals surface area contributed by atoms with Gasteiger partial charge in [0.25, 0.3) is 0 Å². The second kappa shape index (κ2) is 12.2. The van der Waals surface area contributed by atoms with Gasteiger partial charge in [0.2, 0.25) is 0 Å². The van der Waals surface area contributed by atoms with Crippen LogP contribution in [0.15, 0.2) is 6.20 Å². The van der Waals surface area contributed by atoms with Gasteiger partial charge in [-0.3, -0.25) is 14.8 Å². The number of hydrogen-bond donors (Lipinski definition) is 2. The van der Waals surface area contributed by atoms with Crippen LogP contribution in [0.4, 0.5) is 24.0 Å². The maximum Gasteiger partial charge on any atom is 0.319 e. The van der Waals surface area contributed by atoms with E-state index in [9.17, 15) is 14.8 Å².